The Kier molecular flexibility index (Phi) is 6.91. The van der Waals surface area contributed by atoms with Crippen LogP contribution in [-0.4, -0.2) is 36.6 Å². The molecule has 172 valence electrons. The molecule has 6 nitrogen and oxygen atoms in total. The SMILES string of the molecule is Cc1cc(C)c(CNC(=O)c2cc(Cl)cc(N(CC3CC3)C3CCNCC3)c2C)c(=O)[nH]1. The molecule has 0 radical (unpaired) electrons. The van der Waals surface area contributed by atoms with Crippen molar-refractivity contribution in [1.82, 2.24) is 15.6 Å². The summed E-state index contributed by atoms with van der Waals surface area (Å²) in [5, 5.41) is 6.95. The zero-order chi connectivity index (χ0) is 22.8. The lowest BCUT2D eigenvalue weighted by Crippen LogP contribution is -2.44. The molecule has 1 amide bonds. The molecule has 0 atom stereocenters. The van der Waals surface area contributed by atoms with Crippen molar-refractivity contribution in [2.45, 2.75) is 59.0 Å². The van der Waals surface area contributed by atoms with Crippen LogP contribution in [0.25, 0.3) is 0 Å². The third-order valence-electron chi connectivity index (χ3n) is 6.72. The van der Waals surface area contributed by atoms with Crippen LogP contribution in [0.3, 0.4) is 0 Å². The van der Waals surface area contributed by atoms with Gasteiger partial charge in [0.15, 0.2) is 0 Å². The maximum Gasteiger partial charge on any atom is 0.253 e. The van der Waals surface area contributed by atoms with Crippen LogP contribution in [0.4, 0.5) is 5.69 Å². The number of H-pyrrole nitrogens is 1. The summed E-state index contributed by atoms with van der Waals surface area (Å²) in [5.74, 6) is 0.527. The number of piperidine rings is 1. The highest BCUT2D eigenvalue weighted by molar-refractivity contribution is 6.31. The smallest absolute Gasteiger partial charge is 0.253 e. The number of benzene rings is 1. The molecule has 2 aromatic rings. The zero-order valence-electron chi connectivity index (χ0n) is 19.2. The maximum absolute atomic E-state index is 13.2. The van der Waals surface area contributed by atoms with Gasteiger partial charge in [0.25, 0.3) is 11.5 Å². The van der Waals surface area contributed by atoms with Gasteiger partial charge in [0.2, 0.25) is 0 Å². The first-order chi connectivity index (χ1) is 15.3. The number of aromatic amines is 1. The van der Waals surface area contributed by atoms with E-state index >= 15 is 0 Å². The number of aryl methyl sites for hydroxylation is 2. The fourth-order valence-electron chi connectivity index (χ4n) is 4.71. The van der Waals surface area contributed by atoms with Crippen LogP contribution in [0.2, 0.25) is 5.02 Å². The summed E-state index contributed by atoms with van der Waals surface area (Å²) < 4.78 is 0. The fourth-order valence-corrected chi connectivity index (χ4v) is 4.92. The number of hydrogen-bond donors (Lipinski definition) is 3. The number of nitrogens with zero attached hydrogens (tertiary/aromatic N) is 1. The summed E-state index contributed by atoms with van der Waals surface area (Å²) in [6.07, 6.45) is 4.74. The van der Waals surface area contributed by atoms with Gasteiger partial charge in [0.05, 0.1) is 0 Å². The van der Waals surface area contributed by atoms with Gasteiger partial charge in [-0.3, -0.25) is 9.59 Å². The van der Waals surface area contributed by atoms with Gasteiger partial charge in [-0.05, 0) is 94.8 Å². The summed E-state index contributed by atoms with van der Waals surface area (Å²) in [4.78, 5) is 30.8. The average Bonchev–Trinajstić information content (AvgIpc) is 3.57. The van der Waals surface area contributed by atoms with E-state index in [4.69, 9.17) is 11.6 Å². The number of carbonyl (C=O) groups excluding carboxylic acids is 1. The molecule has 1 saturated carbocycles. The van der Waals surface area contributed by atoms with E-state index in [9.17, 15) is 9.59 Å². The Morgan fingerprint density at radius 2 is 1.84 bits per heavy atom. The van der Waals surface area contributed by atoms with Gasteiger partial charge >= 0.3 is 0 Å². The van der Waals surface area contributed by atoms with E-state index in [1.54, 1.807) is 6.07 Å². The van der Waals surface area contributed by atoms with Crippen LogP contribution in [0, 0.1) is 26.7 Å². The van der Waals surface area contributed by atoms with Crippen molar-refractivity contribution in [3.8, 4) is 0 Å². The van der Waals surface area contributed by atoms with Gasteiger partial charge in [-0.25, -0.2) is 0 Å². The van der Waals surface area contributed by atoms with Crippen molar-refractivity contribution in [3.05, 3.63) is 61.5 Å². The van der Waals surface area contributed by atoms with E-state index in [1.807, 2.05) is 32.9 Å². The molecule has 0 bridgehead atoms. The molecular formula is C25H33ClN4O2. The summed E-state index contributed by atoms with van der Waals surface area (Å²) in [6, 6.07) is 6.12. The van der Waals surface area contributed by atoms with Crippen molar-refractivity contribution in [2.75, 3.05) is 24.5 Å². The van der Waals surface area contributed by atoms with Crippen LogP contribution < -0.4 is 21.1 Å². The Hall–Kier alpha value is -2.31. The molecule has 3 N–H and O–H groups in total. The molecule has 4 rings (SSSR count). The summed E-state index contributed by atoms with van der Waals surface area (Å²) in [6.45, 7) is 8.98. The number of pyridine rings is 1. The number of rotatable bonds is 7. The van der Waals surface area contributed by atoms with Crippen LogP contribution >= 0.6 is 11.6 Å². The fraction of sp³-hybridized carbons (Fsp3) is 0.520. The molecule has 1 aromatic heterocycles. The first-order valence-electron chi connectivity index (χ1n) is 11.6. The molecule has 1 saturated heterocycles. The van der Waals surface area contributed by atoms with E-state index in [-0.39, 0.29) is 18.0 Å². The summed E-state index contributed by atoms with van der Waals surface area (Å²) in [7, 11) is 0. The zero-order valence-corrected chi connectivity index (χ0v) is 19.9. The second-order valence-corrected chi connectivity index (χ2v) is 9.74. The second kappa shape index (κ2) is 9.67. The first-order valence-corrected chi connectivity index (χ1v) is 12.0. The van der Waals surface area contributed by atoms with E-state index in [0.29, 0.717) is 22.2 Å². The lowest BCUT2D eigenvalue weighted by Gasteiger charge is -2.38. The number of carbonyl (C=O) groups is 1. The largest absolute Gasteiger partial charge is 0.368 e. The van der Waals surface area contributed by atoms with Crippen molar-refractivity contribution >= 4 is 23.2 Å². The summed E-state index contributed by atoms with van der Waals surface area (Å²) in [5.41, 5.74) is 4.68. The van der Waals surface area contributed by atoms with Crippen LogP contribution in [-0.2, 0) is 6.54 Å². The van der Waals surface area contributed by atoms with Crippen molar-refractivity contribution in [1.29, 1.82) is 0 Å². The van der Waals surface area contributed by atoms with Gasteiger partial charge in [0.1, 0.15) is 0 Å². The Bertz CT molecular complexity index is 1050. The van der Waals surface area contributed by atoms with Crippen molar-refractivity contribution in [3.63, 3.8) is 0 Å². The maximum atomic E-state index is 13.2. The van der Waals surface area contributed by atoms with Gasteiger partial charge in [0, 0.05) is 46.7 Å². The number of amides is 1. The van der Waals surface area contributed by atoms with Gasteiger partial charge < -0.3 is 20.5 Å². The predicted octanol–water partition coefficient (Wildman–Crippen LogP) is 3.85. The standard InChI is InChI=1S/C25H33ClN4O2/c1-15-10-16(2)29-25(32)22(15)13-28-24(31)21-11-19(26)12-23(17(21)3)30(14-18-4-5-18)20-6-8-27-9-7-20/h10-12,18,20,27H,4-9,13-14H2,1-3H3,(H,28,31)(H,29,32). The van der Waals surface area contributed by atoms with Crippen molar-refractivity contribution in [2.24, 2.45) is 5.92 Å². The molecular weight excluding hydrogens is 424 g/mol. The molecule has 7 heteroatoms. The number of halogens is 1. The molecule has 1 aromatic carbocycles. The normalized spacial score (nSPS) is 16.8. The minimum atomic E-state index is -0.206. The molecule has 2 aliphatic rings. The molecule has 0 spiro atoms. The van der Waals surface area contributed by atoms with Crippen LogP contribution in [0.1, 0.15) is 58.4 Å². The minimum Gasteiger partial charge on any atom is -0.368 e. The summed E-state index contributed by atoms with van der Waals surface area (Å²) >= 11 is 6.51. The van der Waals surface area contributed by atoms with Gasteiger partial charge in [-0.1, -0.05) is 11.6 Å². The Labute approximate surface area is 194 Å². The second-order valence-electron chi connectivity index (χ2n) is 9.30. The third kappa shape index (κ3) is 5.18. The lowest BCUT2D eigenvalue weighted by molar-refractivity contribution is 0.0950. The van der Waals surface area contributed by atoms with Crippen molar-refractivity contribution < 1.29 is 4.79 Å². The first kappa shape index (κ1) is 22.9. The monoisotopic (exact) mass is 456 g/mol. The number of anilines is 1. The average molecular weight is 457 g/mol. The molecule has 1 aliphatic heterocycles. The Morgan fingerprint density at radius 3 is 2.50 bits per heavy atom. The topological polar surface area (TPSA) is 77.2 Å². The predicted molar refractivity (Wildman–Crippen MR) is 130 cm³/mol. The van der Waals surface area contributed by atoms with E-state index in [1.165, 1.54) is 12.8 Å². The molecule has 2 heterocycles. The minimum absolute atomic E-state index is 0.159. The highest BCUT2D eigenvalue weighted by Gasteiger charge is 2.31. The molecule has 0 unspecified atom stereocenters. The van der Waals surface area contributed by atoms with Gasteiger partial charge in [-0.15, -0.1) is 0 Å². The quantitative estimate of drug-likeness (QED) is 0.591. The number of aromatic nitrogens is 1. The highest BCUT2D eigenvalue weighted by atomic mass is 35.5. The third-order valence-corrected chi connectivity index (χ3v) is 6.94. The molecule has 2 fully saturated rings. The van der Waals surface area contributed by atoms with E-state index < -0.39 is 0 Å². The number of nitrogens with one attached hydrogen (secondary N) is 3. The van der Waals surface area contributed by atoms with E-state index in [2.05, 4.69) is 20.5 Å². The van der Waals surface area contributed by atoms with Crippen LogP contribution in [0.5, 0.6) is 0 Å². The molecule has 1 aliphatic carbocycles. The van der Waals surface area contributed by atoms with Crippen LogP contribution in [0.15, 0.2) is 23.0 Å². The Balaban J connectivity index is 1.59. The van der Waals surface area contributed by atoms with E-state index in [0.717, 1.165) is 60.9 Å². The molecule has 32 heavy (non-hydrogen) atoms. The van der Waals surface area contributed by atoms with Gasteiger partial charge in [-0.2, -0.15) is 0 Å². The lowest BCUT2D eigenvalue weighted by atomic mass is 9.99. The Morgan fingerprint density at radius 1 is 1.12 bits per heavy atom. The number of hydrogen-bond acceptors (Lipinski definition) is 4. The highest BCUT2D eigenvalue weighted by Crippen LogP contribution is 2.36.